The van der Waals surface area contributed by atoms with Crippen LogP contribution in [0.1, 0.15) is 17.3 Å². The van der Waals surface area contributed by atoms with Crippen molar-refractivity contribution in [3.63, 3.8) is 0 Å². The molecule has 0 spiro atoms. The maximum absolute atomic E-state index is 12.0. The van der Waals surface area contributed by atoms with Crippen molar-refractivity contribution < 1.29 is 13.2 Å². The molecule has 0 aliphatic carbocycles. The summed E-state index contributed by atoms with van der Waals surface area (Å²) in [5.74, 6) is -0.410. The quantitative estimate of drug-likeness (QED) is 0.832. The van der Waals surface area contributed by atoms with Gasteiger partial charge in [0.05, 0.1) is 0 Å². The molecule has 0 aliphatic heterocycles. The molecule has 1 atom stereocenters. The number of nitrogens with zero attached hydrogens (tertiary/aromatic N) is 1. The van der Waals surface area contributed by atoms with Crippen LogP contribution in [0, 0.1) is 0 Å². The molecule has 1 N–H and O–H groups in total. The van der Waals surface area contributed by atoms with Crippen LogP contribution in [0.15, 0.2) is 24.5 Å². The van der Waals surface area contributed by atoms with Crippen molar-refractivity contribution in [2.45, 2.75) is 12.2 Å². The maximum atomic E-state index is 12.0. The van der Waals surface area contributed by atoms with Gasteiger partial charge in [0.25, 0.3) is 0 Å². The highest BCUT2D eigenvalue weighted by Crippen LogP contribution is 2.19. The minimum Gasteiger partial charge on any atom is -0.345 e. The smallest absolute Gasteiger partial charge is 0.182 e. The molecule has 17 heavy (non-hydrogen) atoms. The first-order chi connectivity index (χ1) is 7.91. The number of pyridine rings is 1. The van der Waals surface area contributed by atoms with E-state index in [0.29, 0.717) is 16.6 Å². The van der Waals surface area contributed by atoms with Crippen molar-refractivity contribution in [3.8, 4) is 0 Å². The van der Waals surface area contributed by atoms with Gasteiger partial charge in [0, 0.05) is 29.6 Å². The summed E-state index contributed by atoms with van der Waals surface area (Å²) in [7, 11) is -3.38. The van der Waals surface area contributed by atoms with Gasteiger partial charge in [0.1, 0.15) is 10.9 Å². The van der Waals surface area contributed by atoms with E-state index >= 15 is 0 Å². The van der Waals surface area contributed by atoms with E-state index in [-0.39, 0.29) is 0 Å². The second-order valence-electron chi connectivity index (χ2n) is 3.94. The third-order valence-corrected chi connectivity index (χ3v) is 4.23. The average molecular weight is 252 g/mol. The molecule has 2 heterocycles. The number of aromatic nitrogens is 2. The zero-order chi connectivity index (χ0) is 12.6. The number of hydrogen-bond acceptors (Lipinski definition) is 4. The number of fused-ring (bicyclic) bond motifs is 1. The molecule has 5 nitrogen and oxygen atoms in total. The summed E-state index contributed by atoms with van der Waals surface area (Å²) in [6.07, 6.45) is 4.16. The minimum atomic E-state index is -3.38. The van der Waals surface area contributed by atoms with Gasteiger partial charge in [-0.3, -0.25) is 4.79 Å². The molecule has 90 valence electrons. The Hall–Kier alpha value is -1.69. The van der Waals surface area contributed by atoms with E-state index in [9.17, 15) is 13.2 Å². The number of hydrogen-bond donors (Lipinski definition) is 1. The molecule has 6 heteroatoms. The lowest BCUT2D eigenvalue weighted by Crippen LogP contribution is -2.26. The molecule has 2 aromatic heterocycles. The lowest BCUT2D eigenvalue weighted by molar-refractivity contribution is 0.0993. The first-order valence-electron chi connectivity index (χ1n) is 5.06. The molecule has 0 amide bonds. The Morgan fingerprint density at radius 1 is 1.47 bits per heavy atom. The van der Waals surface area contributed by atoms with Crippen LogP contribution in [-0.2, 0) is 9.84 Å². The van der Waals surface area contributed by atoms with Gasteiger partial charge >= 0.3 is 0 Å². The topological polar surface area (TPSA) is 79.9 Å². The third-order valence-electron chi connectivity index (χ3n) is 2.73. The van der Waals surface area contributed by atoms with Gasteiger partial charge in [-0.1, -0.05) is 0 Å². The lowest BCUT2D eigenvalue weighted by Gasteiger charge is -2.06. The number of H-pyrrole nitrogens is 1. The van der Waals surface area contributed by atoms with Crippen molar-refractivity contribution in [1.29, 1.82) is 0 Å². The number of ketones is 1. The van der Waals surface area contributed by atoms with E-state index in [4.69, 9.17) is 0 Å². The Bertz CT molecular complexity index is 673. The van der Waals surface area contributed by atoms with E-state index in [1.54, 1.807) is 18.3 Å². The zero-order valence-corrected chi connectivity index (χ0v) is 10.3. The first kappa shape index (κ1) is 11.8. The molecule has 0 bridgehead atoms. The highest BCUT2D eigenvalue weighted by atomic mass is 32.2. The highest BCUT2D eigenvalue weighted by Gasteiger charge is 2.26. The number of carbonyl (C=O) groups excluding carboxylic acids is 1. The summed E-state index contributed by atoms with van der Waals surface area (Å²) in [5.41, 5.74) is 0.947. The highest BCUT2D eigenvalue weighted by molar-refractivity contribution is 7.92. The van der Waals surface area contributed by atoms with Gasteiger partial charge in [-0.05, 0) is 19.1 Å². The molecule has 2 rings (SSSR count). The molecule has 0 saturated heterocycles. The van der Waals surface area contributed by atoms with E-state index in [1.807, 2.05) is 0 Å². The summed E-state index contributed by atoms with van der Waals surface area (Å²) in [6.45, 7) is 1.40. The van der Waals surface area contributed by atoms with E-state index in [2.05, 4.69) is 9.97 Å². The molecular formula is C11H12N2O3S. The molecule has 1 unspecified atom stereocenters. The number of rotatable bonds is 3. The minimum absolute atomic E-state index is 0.367. The summed E-state index contributed by atoms with van der Waals surface area (Å²) < 4.78 is 22.7. The van der Waals surface area contributed by atoms with Crippen LogP contribution in [0.3, 0.4) is 0 Å². The second-order valence-corrected chi connectivity index (χ2v) is 6.30. The van der Waals surface area contributed by atoms with Gasteiger partial charge in [-0.2, -0.15) is 0 Å². The Labute approximate surface area is 98.8 Å². The number of Topliss-reactive ketones (excluding diaryl/α,β-unsaturated/α-hetero) is 1. The lowest BCUT2D eigenvalue weighted by atomic mass is 10.1. The van der Waals surface area contributed by atoms with Crippen LogP contribution in [0.25, 0.3) is 11.0 Å². The maximum Gasteiger partial charge on any atom is 0.182 e. The Kier molecular flexibility index (Phi) is 2.74. The van der Waals surface area contributed by atoms with Crippen molar-refractivity contribution in [3.05, 3.63) is 30.1 Å². The molecule has 0 fully saturated rings. The normalized spacial score (nSPS) is 13.8. The van der Waals surface area contributed by atoms with Crippen LogP contribution in [0.5, 0.6) is 0 Å². The van der Waals surface area contributed by atoms with Crippen molar-refractivity contribution in [1.82, 2.24) is 9.97 Å². The van der Waals surface area contributed by atoms with Crippen LogP contribution < -0.4 is 0 Å². The second kappa shape index (κ2) is 3.96. The van der Waals surface area contributed by atoms with Crippen LogP contribution in [0.2, 0.25) is 0 Å². The fourth-order valence-electron chi connectivity index (χ4n) is 1.57. The number of carbonyl (C=O) groups is 1. The monoisotopic (exact) mass is 252 g/mol. The van der Waals surface area contributed by atoms with Crippen molar-refractivity contribution in [2.75, 3.05) is 6.26 Å². The molecular weight excluding hydrogens is 240 g/mol. The molecule has 0 saturated carbocycles. The predicted molar refractivity (Wildman–Crippen MR) is 64.7 cm³/mol. The fraction of sp³-hybridized carbons (Fsp3) is 0.273. The van der Waals surface area contributed by atoms with E-state index in [0.717, 1.165) is 6.26 Å². The Balaban J connectivity index is 2.51. The van der Waals surface area contributed by atoms with Gasteiger partial charge in [-0.15, -0.1) is 0 Å². The number of nitrogens with one attached hydrogen (secondary N) is 1. The summed E-state index contributed by atoms with van der Waals surface area (Å²) in [6, 6.07) is 3.44. The van der Waals surface area contributed by atoms with Crippen molar-refractivity contribution in [2.24, 2.45) is 0 Å². The van der Waals surface area contributed by atoms with Crippen LogP contribution in [-0.4, -0.2) is 35.7 Å². The third kappa shape index (κ3) is 2.08. The Morgan fingerprint density at radius 2 is 2.18 bits per heavy atom. The molecule has 2 aromatic rings. The van der Waals surface area contributed by atoms with Gasteiger partial charge in [0.15, 0.2) is 15.6 Å². The largest absolute Gasteiger partial charge is 0.345 e. The first-order valence-corrected chi connectivity index (χ1v) is 7.02. The van der Waals surface area contributed by atoms with E-state index in [1.165, 1.54) is 13.1 Å². The molecule has 0 aromatic carbocycles. The summed E-state index contributed by atoms with van der Waals surface area (Å²) in [5, 5.41) is -0.394. The zero-order valence-electron chi connectivity index (χ0n) is 9.47. The fourth-order valence-corrected chi connectivity index (χ4v) is 2.09. The standard InChI is InChI=1S/C11H12N2O3S/c1-7(17(2,15)16)10(14)9-6-13-11-8(9)4-3-5-12-11/h3-7H,1-2H3,(H,12,13). The van der Waals surface area contributed by atoms with Gasteiger partial charge in [-0.25, -0.2) is 13.4 Å². The van der Waals surface area contributed by atoms with Gasteiger partial charge in [0.2, 0.25) is 0 Å². The van der Waals surface area contributed by atoms with Crippen molar-refractivity contribution >= 4 is 26.7 Å². The molecule has 0 aliphatic rings. The van der Waals surface area contributed by atoms with Crippen LogP contribution >= 0.6 is 0 Å². The molecule has 0 radical (unpaired) electrons. The average Bonchev–Trinajstić information content (AvgIpc) is 2.69. The SMILES string of the molecule is CC(C(=O)c1c[nH]c2ncccc12)S(C)(=O)=O. The number of sulfone groups is 1. The predicted octanol–water partition coefficient (Wildman–Crippen LogP) is 1.18. The van der Waals surface area contributed by atoms with E-state index < -0.39 is 20.9 Å². The summed E-state index contributed by atoms with van der Waals surface area (Å²) in [4.78, 5) is 18.9. The summed E-state index contributed by atoms with van der Waals surface area (Å²) >= 11 is 0. The van der Waals surface area contributed by atoms with Gasteiger partial charge < -0.3 is 4.98 Å². The van der Waals surface area contributed by atoms with Crippen LogP contribution in [0.4, 0.5) is 0 Å². The number of aromatic amines is 1. The Morgan fingerprint density at radius 3 is 2.82 bits per heavy atom.